The lowest BCUT2D eigenvalue weighted by Gasteiger charge is -2.05. The maximum atomic E-state index is 13.4. The Morgan fingerprint density at radius 2 is 2.33 bits per heavy atom. The minimum Gasteiger partial charge on any atom is -0.496 e. The van der Waals surface area contributed by atoms with E-state index in [0.717, 1.165) is 0 Å². The first-order chi connectivity index (χ1) is 7.22. The molecule has 0 spiro atoms. The van der Waals surface area contributed by atoms with E-state index in [9.17, 15) is 9.18 Å². The van der Waals surface area contributed by atoms with E-state index >= 15 is 0 Å². The van der Waals surface area contributed by atoms with E-state index < -0.39 is 11.6 Å². The third kappa shape index (κ3) is 1.61. The molecule has 0 saturated carbocycles. The Labute approximate surface area is 83.5 Å². The van der Waals surface area contributed by atoms with Crippen LogP contribution in [0.1, 0.15) is 0 Å². The van der Waals surface area contributed by atoms with Crippen molar-refractivity contribution >= 4 is 0 Å². The lowest BCUT2D eigenvalue weighted by atomic mass is 10.2. The predicted octanol–water partition coefficient (Wildman–Crippen LogP) is 1.18. The van der Waals surface area contributed by atoms with Gasteiger partial charge in [-0.25, -0.2) is 9.18 Å². The van der Waals surface area contributed by atoms with Gasteiger partial charge in [-0.1, -0.05) is 11.2 Å². The van der Waals surface area contributed by atoms with E-state index in [1.54, 1.807) is 6.07 Å². The molecule has 6 heteroatoms. The molecule has 15 heavy (non-hydrogen) atoms. The van der Waals surface area contributed by atoms with Crippen molar-refractivity contribution in [2.45, 2.75) is 0 Å². The fourth-order valence-electron chi connectivity index (χ4n) is 1.24. The van der Waals surface area contributed by atoms with Crippen molar-refractivity contribution in [1.82, 2.24) is 10.1 Å². The number of H-pyrrole nitrogens is 1. The van der Waals surface area contributed by atoms with Crippen molar-refractivity contribution in [1.29, 1.82) is 0 Å². The van der Waals surface area contributed by atoms with Crippen molar-refractivity contribution in [3.05, 3.63) is 34.6 Å². The molecule has 1 aromatic heterocycles. The van der Waals surface area contributed by atoms with Gasteiger partial charge in [0.1, 0.15) is 11.6 Å². The van der Waals surface area contributed by atoms with Crippen LogP contribution in [-0.2, 0) is 0 Å². The van der Waals surface area contributed by atoms with Crippen LogP contribution in [0.4, 0.5) is 4.39 Å². The van der Waals surface area contributed by atoms with Crippen LogP contribution in [0.2, 0.25) is 0 Å². The van der Waals surface area contributed by atoms with Gasteiger partial charge in [-0.05, 0) is 12.1 Å². The highest BCUT2D eigenvalue weighted by Crippen LogP contribution is 2.29. The van der Waals surface area contributed by atoms with E-state index in [4.69, 9.17) is 4.74 Å². The molecule has 0 fully saturated rings. The zero-order valence-electron chi connectivity index (χ0n) is 7.78. The Balaban J connectivity index is 2.65. The smallest absolute Gasteiger partial charge is 0.439 e. The second kappa shape index (κ2) is 3.56. The molecule has 0 unspecified atom stereocenters. The van der Waals surface area contributed by atoms with E-state index in [0.29, 0.717) is 0 Å². The van der Waals surface area contributed by atoms with Crippen LogP contribution < -0.4 is 10.5 Å². The summed E-state index contributed by atoms with van der Waals surface area (Å²) < 4.78 is 22.7. The van der Waals surface area contributed by atoms with E-state index in [-0.39, 0.29) is 17.1 Å². The molecule has 0 radical (unpaired) electrons. The number of rotatable bonds is 2. The number of aromatic amines is 1. The minimum atomic E-state index is -0.740. The number of hydrogen-bond acceptors (Lipinski definition) is 4. The monoisotopic (exact) mass is 210 g/mol. The van der Waals surface area contributed by atoms with Crippen molar-refractivity contribution < 1.29 is 13.7 Å². The molecule has 2 aromatic rings. The predicted molar refractivity (Wildman–Crippen MR) is 49.1 cm³/mol. The Bertz CT molecular complexity index is 532. The molecule has 1 heterocycles. The van der Waals surface area contributed by atoms with Gasteiger partial charge >= 0.3 is 5.76 Å². The fraction of sp³-hybridized carbons (Fsp3) is 0.111. The highest BCUT2D eigenvalue weighted by molar-refractivity contribution is 5.64. The highest BCUT2D eigenvalue weighted by atomic mass is 19.1. The normalized spacial score (nSPS) is 10.3. The third-order valence-corrected chi connectivity index (χ3v) is 1.87. The summed E-state index contributed by atoms with van der Waals surface area (Å²) in [6.07, 6.45) is 0. The van der Waals surface area contributed by atoms with E-state index in [1.807, 2.05) is 0 Å². The lowest BCUT2D eigenvalue weighted by molar-refractivity contribution is 0.386. The van der Waals surface area contributed by atoms with Crippen molar-refractivity contribution in [3.8, 4) is 17.1 Å². The quantitative estimate of drug-likeness (QED) is 0.808. The molecule has 5 nitrogen and oxygen atoms in total. The summed E-state index contributed by atoms with van der Waals surface area (Å²) in [4.78, 5) is 13.0. The number of methoxy groups -OCH3 is 1. The van der Waals surface area contributed by atoms with Crippen molar-refractivity contribution in [3.63, 3.8) is 0 Å². The van der Waals surface area contributed by atoms with E-state index in [2.05, 4.69) is 14.7 Å². The first-order valence-corrected chi connectivity index (χ1v) is 4.11. The molecule has 0 bridgehead atoms. The second-order valence-corrected chi connectivity index (χ2v) is 2.76. The molecule has 1 N–H and O–H groups in total. The van der Waals surface area contributed by atoms with E-state index in [1.165, 1.54) is 19.2 Å². The van der Waals surface area contributed by atoms with Gasteiger partial charge in [-0.3, -0.25) is 9.51 Å². The topological polar surface area (TPSA) is 68.1 Å². The van der Waals surface area contributed by atoms with Crippen molar-refractivity contribution in [2.24, 2.45) is 0 Å². The molecule has 0 atom stereocenters. The zero-order valence-corrected chi connectivity index (χ0v) is 7.78. The molecular weight excluding hydrogens is 203 g/mol. The molecule has 0 saturated heterocycles. The molecule has 0 aliphatic carbocycles. The summed E-state index contributed by atoms with van der Waals surface area (Å²) >= 11 is 0. The Morgan fingerprint density at radius 3 is 2.93 bits per heavy atom. The van der Waals surface area contributed by atoms with Crippen LogP contribution >= 0.6 is 0 Å². The van der Waals surface area contributed by atoms with Gasteiger partial charge in [0.25, 0.3) is 0 Å². The Hall–Kier alpha value is -2.11. The number of aromatic nitrogens is 2. The zero-order chi connectivity index (χ0) is 10.8. The Kier molecular flexibility index (Phi) is 2.24. The summed E-state index contributed by atoms with van der Waals surface area (Å²) in [7, 11) is 1.40. The fourth-order valence-corrected chi connectivity index (χ4v) is 1.24. The summed E-state index contributed by atoms with van der Waals surface area (Å²) in [5, 5.41) is 3.39. The van der Waals surface area contributed by atoms with Gasteiger partial charge in [-0.15, -0.1) is 0 Å². The largest absolute Gasteiger partial charge is 0.496 e. The molecule has 1 aromatic carbocycles. The first kappa shape index (κ1) is 9.45. The molecular formula is C9H7FN2O3. The maximum absolute atomic E-state index is 13.4. The number of ether oxygens (including phenoxy) is 1. The SMILES string of the molecule is COc1cccc(F)c1-c1noc(=O)[nH]1. The summed E-state index contributed by atoms with van der Waals surface area (Å²) in [5.41, 5.74) is 0.0749. The lowest BCUT2D eigenvalue weighted by Crippen LogP contribution is -1.97. The highest BCUT2D eigenvalue weighted by Gasteiger charge is 2.15. The molecule has 2 rings (SSSR count). The number of nitrogens with zero attached hydrogens (tertiary/aromatic N) is 1. The van der Waals surface area contributed by atoms with Crippen LogP contribution in [0.3, 0.4) is 0 Å². The van der Waals surface area contributed by atoms with Crippen LogP contribution in [0.15, 0.2) is 27.5 Å². The number of benzene rings is 1. The second-order valence-electron chi connectivity index (χ2n) is 2.76. The van der Waals surface area contributed by atoms with Gasteiger partial charge in [-0.2, -0.15) is 0 Å². The molecule has 0 aliphatic rings. The molecule has 0 aliphatic heterocycles. The minimum absolute atomic E-state index is 0.00921. The summed E-state index contributed by atoms with van der Waals surface area (Å²) in [5.74, 6) is -0.997. The third-order valence-electron chi connectivity index (χ3n) is 1.87. The van der Waals surface area contributed by atoms with Gasteiger partial charge in [0.2, 0.25) is 0 Å². The van der Waals surface area contributed by atoms with Crippen LogP contribution in [0, 0.1) is 5.82 Å². The van der Waals surface area contributed by atoms with Crippen LogP contribution in [0.25, 0.3) is 11.4 Å². The average molecular weight is 210 g/mol. The standard InChI is InChI=1S/C9H7FN2O3/c1-14-6-4-2-3-5(10)7(6)8-11-9(13)15-12-8/h2-4H,1H3,(H,11,12,13). The number of nitrogens with one attached hydrogen (secondary N) is 1. The summed E-state index contributed by atoms with van der Waals surface area (Å²) in [6.45, 7) is 0. The maximum Gasteiger partial charge on any atom is 0.439 e. The number of halogens is 1. The Morgan fingerprint density at radius 1 is 1.53 bits per heavy atom. The van der Waals surface area contributed by atoms with Gasteiger partial charge in [0, 0.05) is 0 Å². The van der Waals surface area contributed by atoms with Crippen molar-refractivity contribution in [2.75, 3.05) is 7.11 Å². The first-order valence-electron chi connectivity index (χ1n) is 4.11. The van der Waals surface area contributed by atoms with Crippen LogP contribution in [-0.4, -0.2) is 17.3 Å². The van der Waals surface area contributed by atoms with Gasteiger partial charge < -0.3 is 4.74 Å². The van der Waals surface area contributed by atoms with Gasteiger partial charge in [0.15, 0.2) is 5.82 Å². The van der Waals surface area contributed by atoms with Crippen LogP contribution in [0.5, 0.6) is 5.75 Å². The molecule has 78 valence electrons. The average Bonchev–Trinajstić information content (AvgIpc) is 2.64. The summed E-state index contributed by atoms with van der Waals surface area (Å²) in [6, 6.07) is 4.30. The van der Waals surface area contributed by atoms with Gasteiger partial charge in [0.05, 0.1) is 12.7 Å². The number of hydrogen-bond donors (Lipinski definition) is 1. The molecule has 0 amide bonds.